The van der Waals surface area contributed by atoms with Gasteiger partial charge in [-0.3, -0.25) is 4.79 Å². The Bertz CT molecular complexity index is 738. The van der Waals surface area contributed by atoms with E-state index in [1.165, 1.54) is 19.3 Å². The van der Waals surface area contributed by atoms with Crippen molar-refractivity contribution in [3.63, 3.8) is 0 Å². The van der Waals surface area contributed by atoms with Crippen molar-refractivity contribution in [3.05, 3.63) is 24.1 Å². The topological polar surface area (TPSA) is 86.5 Å². The van der Waals surface area contributed by atoms with Crippen molar-refractivity contribution in [1.82, 2.24) is 15.5 Å². The summed E-state index contributed by atoms with van der Waals surface area (Å²) in [6, 6.07) is 5.41. The summed E-state index contributed by atoms with van der Waals surface area (Å²) in [6.07, 6.45) is 6.64. The molecule has 1 amide bonds. The molecule has 140 valence electrons. The van der Waals surface area contributed by atoms with Crippen LogP contribution in [0.1, 0.15) is 44.4 Å². The van der Waals surface area contributed by atoms with Crippen molar-refractivity contribution >= 4 is 5.91 Å². The number of benzene rings is 1. The van der Waals surface area contributed by atoms with E-state index in [2.05, 4.69) is 15.5 Å². The van der Waals surface area contributed by atoms with E-state index in [9.17, 15) is 4.79 Å². The molecule has 0 atom stereocenters. The molecule has 1 N–H and O–H groups in total. The van der Waals surface area contributed by atoms with Gasteiger partial charge in [0.1, 0.15) is 0 Å². The maximum Gasteiger partial charge on any atom is 0.246 e. The Kier molecular flexibility index (Phi) is 6.09. The summed E-state index contributed by atoms with van der Waals surface area (Å²) in [7, 11) is 3.16. The quantitative estimate of drug-likeness (QED) is 0.816. The van der Waals surface area contributed by atoms with E-state index in [0.29, 0.717) is 35.6 Å². The Morgan fingerprint density at radius 1 is 1.19 bits per heavy atom. The molecule has 0 unspecified atom stereocenters. The van der Waals surface area contributed by atoms with Crippen LogP contribution < -0.4 is 14.8 Å². The highest BCUT2D eigenvalue weighted by Gasteiger charge is 2.18. The molecule has 1 saturated carbocycles. The summed E-state index contributed by atoms with van der Waals surface area (Å²) in [6.45, 7) is 0.242. The summed E-state index contributed by atoms with van der Waals surface area (Å²) in [5.74, 6) is 2.61. The van der Waals surface area contributed by atoms with E-state index in [1.54, 1.807) is 26.4 Å². The lowest BCUT2D eigenvalue weighted by atomic mass is 9.87. The average Bonchev–Trinajstić information content (AvgIpc) is 3.15. The predicted octanol–water partition coefficient (Wildman–Crippen LogP) is 3.34. The highest BCUT2D eigenvalue weighted by molar-refractivity contribution is 5.76. The minimum Gasteiger partial charge on any atom is -0.493 e. The fourth-order valence-electron chi connectivity index (χ4n) is 3.32. The van der Waals surface area contributed by atoms with Gasteiger partial charge >= 0.3 is 0 Å². The van der Waals surface area contributed by atoms with Crippen molar-refractivity contribution < 1.29 is 18.8 Å². The monoisotopic (exact) mass is 359 g/mol. The Morgan fingerprint density at radius 3 is 2.69 bits per heavy atom. The molecule has 1 heterocycles. The lowest BCUT2D eigenvalue weighted by molar-refractivity contribution is -0.122. The highest BCUT2D eigenvalue weighted by atomic mass is 16.5. The minimum atomic E-state index is 0.0442. The number of ether oxygens (including phenoxy) is 2. The molecule has 1 aliphatic carbocycles. The van der Waals surface area contributed by atoms with Gasteiger partial charge in [-0.25, -0.2) is 0 Å². The molecule has 26 heavy (non-hydrogen) atoms. The number of aromatic nitrogens is 2. The fraction of sp³-hybridized carbons (Fsp3) is 0.526. The third-order valence-electron chi connectivity index (χ3n) is 4.75. The van der Waals surface area contributed by atoms with Crippen LogP contribution in [-0.2, 0) is 11.3 Å². The average molecular weight is 359 g/mol. The molecule has 0 saturated heterocycles. The van der Waals surface area contributed by atoms with Gasteiger partial charge in [-0.05, 0) is 37.0 Å². The molecule has 1 aromatic heterocycles. The van der Waals surface area contributed by atoms with Crippen molar-refractivity contribution in [2.75, 3.05) is 14.2 Å². The molecular formula is C19H25N3O4. The highest BCUT2D eigenvalue weighted by Crippen LogP contribution is 2.31. The van der Waals surface area contributed by atoms with Gasteiger partial charge in [0, 0.05) is 12.0 Å². The van der Waals surface area contributed by atoms with Crippen LogP contribution in [0.3, 0.4) is 0 Å². The molecule has 3 rings (SSSR count). The Morgan fingerprint density at radius 2 is 1.96 bits per heavy atom. The largest absolute Gasteiger partial charge is 0.493 e. The second kappa shape index (κ2) is 8.69. The molecule has 0 spiro atoms. The second-order valence-electron chi connectivity index (χ2n) is 6.57. The van der Waals surface area contributed by atoms with Crippen LogP contribution in [0.25, 0.3) is 11.4 Å². The fourth-order valence-corrected chi connectivity index (χ4v) is 3.32. The number of rotatable bonds is 7. The SMILES string of the molecule is COc1ccc(-c2noc(CNC(=O)CC3CCCCC3)n2)cc1OC. The normalized spacial score (nSPS) is 14.8. The number of carbonyl (C=O) groups is 1. The molecule has 0 aliphatic heterocycles. The van der Waals surface area contributed by atoms with Gasteiger partial charge in [-0.15, -0.1) is 0 Å². The van der Waals surface area contributed by atoms with Crippen LogP contribution >= 0.6 is 0 Å². The molecule has 1 aromatic carbocycles. The summed E-state index contributed by atoms with van der Waals surface area (Å²) < 4.78 is 15.8. The van der Waals surface area contributed by atoms with Gasteiger partial charge in [-0.2, -0.15) is 4.98 Å². The number of methoxy groups -OCH3 is 2. The molecule has 0 bridgehead atoms. The van der Waals surface area contributed by atoms with E-state index in [4.69, 9.17) is 14.0 Å². The summed E-state index contributed by atoms with van der Waals surface area (Å²) >= 11 is 0. The smallest absolute Gasteiger partial charge is 0.246 e. The Labute approximate surface area is 153 Å². The van der Waals surface area contributed by atoms with E-state index < -0.39 is 0 Å². The van der Waals surface area contributed by atoms with Gasteiger partial charge < -0.3 is 19.3 Å². The maximum absolute atomic E-state index is 12.1. The van der Waals surface area contributed by atoms with Gasteiger partial charge in [0.15, 0.2) is 11.5 Å². The number of hydrogen-bond donors (Lipinski definition) is 1. The zero-order chi connectivity index (χ0) is 18.4. The number of nitrogens with zero attached hydrogens (tertiary/aromatic N) is 2. The summed E-state index contributed by atoms with van der Waals surface area (Å²) in [5.41, 5.74) is 0.756. The lowest BCUT2D eigenvalue weighted by Crippen LogP contribution is -2.26. The lowest BCUT2D eigenvalue weighted by Gasteiger charge is -2.20. The first-order chi connectivity index (χ1) is 12.7. The zero-order valence-electron chi connectivity index (χ0n) is 15.3. The third kappa shape index (κ3) is 4.53. The van der Waals surface area contributed by atoms with Crippen molar-refractivity contribution in [1.29, 1.82) is 0 Å². The van der Waals surface area contributed by atoms with Crippen LogP contribution in [0.2, 0.25) is 0 Å². The Hall–Kier alpha value is -2.57. The van der Waals surface area contributed by atoms with Crippen LogP contribution in [-0.4, -0.2) is 30.3 Å². The van der Waals surface area contributed by atoms with E-state index in [-0.39, 0.29) is 12.5 Å². The molecule has 1 aliphatic rings. The van der Waals surface area contributed by atoms with Crippen LogP contribution in [0.15, 0.2) is 22.7 Å². The predicted molar refractivity (Wildman–Crippen MR) is 95.9 cm³/mol. The first-order valence-corrected chi connectivity index (χ1v) is 9.01. The van der Waals surface area contributed by atoms with E-state index in [0.717, 1.165) is 18.4 Å². The Balaban J connectivity index is 1.57. The maximum atomic E-state index is 12.1. The van der Waals surface area contributed by atoms with Crippen LogP contribution in [0, 0.1) is 5.92 Å². The molecule has 0 radical (unpaired) electrons. The van der Waals surface area contributed by atoms with Gasteiger partial charge in [0.2, 0.25) is 17.6 Å². The summed E-state index contributed by atoms with van der Waals surface area (Å²) in [5, 5.41) is 6.85. The molecule has 1 fully saturated rings. The molecular weight excluding hydrogens is 334 g/mol. The van der Waals surface area contributed by atoms with Gasteiger partial charge in [0.05, 0.1) is 20.8 Å². The number of amides is 1. The first-order valence-electron chi connectivity index (χ1n) is 9.01. The molecule has 2 aromatic rings. The van der Waals surface area contributed by atoms with Gasteiger partial charge in [0.25, 0.3) is 0 Å². The van der Waals surface area contributed by atoms with E-state index >= 15 is 0 Å². The minimum absolute atomic E-state index is 0.0442. The number of hydrogen-bond acceptors (Lipinski definition) is 6. The third-order valence-corrected chi connectivity index (χ3v) is 4.75. The van der Waals surface area contributed by atoms with Crippen molar-refractivity contribution in [2.24, 2.45) is 5.92 Å². The second-order valence-corrected chi connectivity index (χ2v) is 6.57. The number of nitrogens with one attached hydrogen (secondary N) is 1. The zero-order valence-corrected chi connectivity index (χ0v) is 15.3. The molecule has 7 heteroatoms. The van der Waals surface area contributed by atoms with Gasteiger partial charge in [-0.1, -0.05) is 24.4 Å². The van der Waals surface area contributed by atoms with Crippen LogP contribution in [0.4, 0.5) is 0 Å². The number of carbonyl (C=O) groups excluding carboxylic acids is 1. The van der Waals surface area contributed by atoms with E-state index in [1.807, 2.05) is 6.07 Å². The molecule has 7 nitrogen and oxygen atoms in total. The standard InChI is InChI=1S/C19H25N3O4/c1-24-15-9-8-14(11-16(15)25-2)19-21-18(26-22-19)12-20-17(23)10-13-6-4-3-5-7-13/h8-9,11,13H,3-7,10,12H2,1-2H3,(H,20,23). The van der Waals surface area contributed by atoms with Crippen molar-refractivity contribution in [2.45, 2.75) is 45.1 Å². The first kappa shape index (κ1) is 18.2. The van der Waals surface area contributed by atoms with Crippen LogP contribution in [0.5, 0.6) is 11.5 Å². The summed E-state index contributed by atoms with van der Waals surface area (Å²) in [4.78, 5) is 16.4. The van der Waals surface area contributed by atoms with Crippen molar-refractivity contribution in [3.8, 4) is 22.9 Å².